The predicted molar refractivity (Wildman–Crippen MR) is 83.3 cm³/mol. The van der Waals surface area contributed by atoms with Crippen LogP contribution >= 0.6 is 0 Å². The van der Waals surface area contributed by atoms with E-state index in [0.29, 0.717) is 28.2 Å². The van der Waals surface area contributed by atoms with Crippen LogP contribution in [0.5, 0.6) is 0 Å². The van der Waals surface area contributed by atoms with Crippen LogP contribution in [0.1, 0.15) is 15.9 Å². The number of nitrogen functional groups attached to an aromatic ring is 1. The highest BCUT2D eigenvalue weighted by atomic mass is 19.1. The largest absolute Gasteiger partial charge is 0.397 e. The van der Waals surface area contributed by atoms with E-state index in [-0.39, 0.29) is 11.7 Å². The first-order valence-electron chi connectivity index (χ1n) is 6.53. The zero-order valence-corrected chi connectivity index (χ0v) is 12.3. The molecule has 4 nitrogen and oxygen atoms in total. The Hall–Kier alpha value is -2.56. The lowest BCUT2D eigenvalue weighted by atomic mass is 10.1. The van der Waals surface area contributed by atoms with Crippen molar-refractivity contribution in [3.63, 3.8) is 0 Å². The Morgan fingerprint density at radius 3 is 2.48 bits per heavy atom. The Morgan fingerprint density at radius 2 is 1.90 bits per heavy atom. The minimum atomic E-state index is -0.280. The summed E-state index contributed by atoms with van der Waals surface area (Å²) >= 11 is 0. The van der Waals surface area contributed by atoms with Gasteiger partial charge in [-0.1, -0.05) is 6.07 Å². The maximum absolute atomic E-state index is 13.5. The fraction of sp³-hybridized carbons (Fsp3) is 0.188. The molecule has 5 heteroatoms. The highest BCUT2D eigenvalue weighted by molar-refractivity contribution is 5.96. The molecule has 2 rings (SSSR count). The number of nitrogens with two attached hydrogens (primary N) is 1. The second-order valence-electron chi connectivity index (χ2n) is 5.09. The molecular formula is C16H18FN3O. The van der Waals surface area contributed by atoms with Crippen LogP contribution in [0.4, 0.5) is 21.5 Å². The molecule has 0 unspecified atom stereocenters. The van der Waals surface area contributed by atoms with Gasteiger partial charge in [0, 0.05) is 25.3 Å². The van der Waals surface area contributed by atoms with Crippen molar-refractivity contribution in [2.75, 3.05) is 25.1 Å². The molecule has 0 fully saturated rings. The number of nitrogens with one attached hydrogen (secondary N) is 1. The number of nitrogens with zero attached hydrogens (tertiary/aromatic N) is 1. The van der Waals surface area contributed by atoms with Gasteiger partial charge in [0.2, 0.25) is 0 Å². The van der Waals surface area contributed by atoms with Crippen molar-refractivity contribution in [3.8, 4) is 0 Å². The molecule has 0 atom stereocenters. The van der Waals surface area contributed by atoms with Crippen LogP contribution in [0.2, 0.25) is 0 Å². The molecule has 1 amide bonds. The third-order valence-electron chi connectivity index (χ3n) is 3.16. The van der Waals surface area contributed by atoms with E-state index in [2.05, 4.69) is 5.32 Å². The molecule has 0 saturated carbocycles. The van der Waals surface area contributed by atoms with Gasteiger partial charge in [0.05, 0.1) is 11.4 Å². The van der Waals surface area contributed by atoms with Crippen molar-refractivity contribution < 1.29 is 9.18 Å². The van der Waals surface area contributed by atoms with E-state index in [1.165, 1.54) is 11.0 Å². The average molecular weight is 287 g/mol. The van der Waals surface area contributed by atoms with Crippen molar-refractivity contribution in [3.05, 3.63) is 53.3 Å². The van der Waals surface area contributed by atoms with Gasteiger partial charge in [-0.05, 0) is 42.8 Å². The molecule has 0 aliphatic heterocycles. The van der Waals surface area contributed by atoms with E-state index in [9.17, 15) is 9.18 Å². The molecule has 0 bridgehead atoms. The fourth-order valence-corrected chi connectivity index (χ4v) is 1.89. The van der Waals surface area contributed by atoms with E-state index >= 15 is 0 Å². The Labute approximate surface area is 123 Å². The van der Waals surface area contributed by atoms with Crippen LogP contribution in [-0.2, 0) is 0 Å². The number of carbonyl (C=O) groups excluding carboxylic acids is 1. The smallest absolute Gasteiger partial charge is 0.253 e. The van der Waals surface area contributed by atoms with Gasteiger partial charge in [-0.2, -0.15) is 0 Å². The number of anilines is 3. The second-order valence-corrected chi connectivity index (χ2v) is 5.09. The molecule has 0 aliphatic carbocycles. The molecule has 2 aromatic rings. The van der Waals surface area contributed by atoms with Gasteiger partial charge in [0.1, 0.15) is 5.82 Å². The first-order valence-corrected chi connectivity index (χ1v) is 6.53. The maximum atomic E-state index is 13.5. The maximum Gasteiger partial charge on any atom is 0.253 e. The monoisotopic (exact) mass is 287 g/mol. The van der Waals surface area contributed by atoms with Crippen molar-refractivity contribution in [1.29, 1.82) is 0 Å². The normalized spacial score (nSPS) is 10.3. The summed E-state index contributed by atoms with van der Waals surface area (Å²) in [4.78, 5) is 13.3. The highest BCUT2D eigenvalue weighted by Gasteiger charge is 2.10. The summed E-state index contributed by atoms with van der Waals surface area (Å²) in [6.07, 6.45) is 0. The number of rotatable bonds is 3. The van der Waals surface area contributed by atoms with E-state index in [1.807, 2.05) is 0 Å². The van der Waals surface area contributed by atoms with Crippen LogP contribution < -0.4 is 11.1 Å². The predicted octanol–water partition coefficient (Wildman–Crippen LogP) is 3.16. The number of aryl methyl sites for hydroxylation is 1. The molecule has 0 spiro atoms. The number of carbonyl (C=O) groups is 1. The molecule has 0 saturated heterocycles. The van der Waals surface area contributed by atoms with Gasteiger partial charge in [-0.25, -0.2) is 4.39 Å². The first kappa shape index (κ1) is 14.8. The van der Waals surface area contributed by atoms with Gasteiger partial charge in [-0.15, -0.1) is 0 Å². The number of halogens is 1. The molecule has 21 heavy (non-hydrogen) atoms. The standard InChI is InChI=1S/C16H18FN3O/c1-10-4-6-12(9-13(10)17)19-15-7-5-11(8-14(15)18)16(21)20(2)3/h4-9,19H,18H2,1-3H3. The Kier molecular flexibility index (Phi) is 4.12. The summed E-state index contributed by atoms with van der Waals surface area (Å²) < 4.78 is 13.5. The molecular weight excluding hydrogens is 269 g/mol. The zero-order valence-electron chi connectivity index (χ0n) is 12.3. The molecule has 0 radical (unpaired) electrons. The van der Waals surface area contributed by atoms with Gasteiger partial charge in [0.25, 0.3) is 5.91 Å². The molecule has 3 N–H and O–H groups in total. The lowest BCUT2D eigenvalue weighted by Crippen LogP contribution is -2.21. The minimum absolute atomic E-state index is 0.116. The van der Waals surface area contributed by atoms with E-state index < -0.39 is 0 Å². The topological polar surface area (TPSA) is 58.4 Å². The summed E-state index contributed by atoms with van der Waals surface area (Å²) in [6, 6.07) is 9.88. The third kappa shape index (κ3) is 3.31. The van der Waals surface area contributed by atoms with Crippen molar-refractivity contribution in [1.82, 2.24) is 4.90 Å². The SMILES string of the molecule is Cc1ccc(Nc2ccc(C(=O)N(C)C)cc2N)cc1F. The summed E-state index contributed by atoms with van der Waals surface area (Å²) in [5, 5.41) is 3.05. The van der Waals surface area contributed by atoms with Gasteiger partial charge >= 0.3 is 0 Å². The molecule has 0 aromatic heterocycles. The number of amides is 1. The van der Waals surface area contributed by atoms with E-state index in [4.69, 9.17) is 5.73 Å². The molecule has 110 valence electrons. The van der Waals surface area contributed by atoms with Crippen LogP contribution in [0.25, 0.3) is 0 Å². The van der Waals surface area contributed by atoms with Gasteiger partial charge < -0.3 is 16.0 Å². The third-order valence-corrected chi connectivity index (χ3v) is 3.16. The summed E-state index contributed by atoms with van der Waals surface area (Å²) in [6.45, 7) is 1.70. The Morgan fingerprint density at radius 1 is 1.19 bits per heavy atom. The van der Waals surface area contributed by atoms with Crippen molar-refractivity contribution in [2.45, 2.75) is 6.92 Å². The molecule has 0 aliphatic rings. The van der Waals surface area contributed by atoms with Crippen molar-refractivity contribution in [2.24, 2.45) is 0 Å². The summed E-state index contributed by atoms with van der Waals surface area (Å²) in [7, 11) is 3.36. The lowest BCUT2D eigenvalue weighted by molar-refractivity contribution is 0.0827. The Balaban J connectivity index is 2.25. The van der Waals surface area contributed by atoms with E-state index in [1.54, 1.807) is 51.4 Å². The minimum Gasteiger partial charge on any atom is -0.397 e. The summed E-state index contributed by atoms with van der Waals surface area (Å²) in [5.74, 6) is -0.396. The highest BCUT2D eigenvalue weighted by Crippen LogP contribution is 2.25. The number of hydrogen-bond acceptors (Lipinski definition) is 3. The lowest BCUT2D eigenvalue weighted by Gasteiger charge is -2.14. The Bertz CT molecular complexity index is 683. The van der Waals surface area contributed by atoms with Crippen molar-refractivity contribution >= 4 is 23.0 Å². The number of hydrogen-bond donors (Lipinski definition) is 2. The molecule has 2 aromatic carbocycles. The van der Waals surface area contributed by atoms with Crippen LogP contribution in [-0.4, -0.2) is 24.9 Å². The van der Waals surface area contributed by atoms with Gasteiger partial charge in [-0.3, -0.25) is 4.79 Å². The average Bonchev–Trinajstić information content (AvgIpc) is 2.44. The quantitative estimate of drug-likeness (QED) is 0.853. The second kappa shape index (κ2) is 5.83. The summed E-state index contributed by atoms with van der Waals surface area (Å²) in [5.41, 5.74) is 8.72. The number of benzene rings is 2. The fourth-order valence-electron chi connectivity index (χ4n) is 1.89. The zero-order chi connectivity index (χ0) is 15.6. The van der Waals surface area contributed by atoms with Crippen LogP contribution in [0, 0.1) is 12.7 Å². The first-order chi connectivity index (χ1) is 9.88. The van der Waals surface area contributed by atoms with E-state index in [0.717, 1.165) is 0 Å². The van der Waals surface area contributed by atoms with Crippen LogP contribution in [0.3, 0.4) is 0 Å². The van der Waals surface area contributed by atoms with Crippen LogP contribution in [0.15, 0.2) is 36.4 Å². The van der Waals surface area contributed by atoms with Gasteiger partial charge in [0.15, 0.2) is 0 Å². The molecule has 0 heterocycles.